The maximum Gasteiger partial charge on any atom is 0.177 e. The van der Waals surface area contributed by atoms with E-state index in [1.807, 2.05) is 12.4 Å². The lowest BCUT2D eigenvalue weighted by Gasteiger charge is -2.33. The normalized spacial score (nSPS) is 19.1. The van der Waals surface area contributed by atoms with Gasteiger partial charge in [0, 0.05) is 32.2 Å². The molecule has 1 aliphatic rings. The van der Waals surface area contributed by atoms with Crippen molar-refractivity contribution in [2.24, 2.45) is 0 Å². The van der Waals surface area contributed by atoms with Gasteiger partial charge in [0.15, 0.2) is 6.29 Å². The van der Waals surface area contributed by atoms with Crippen molar-refractivity contribution in [1.82, 2.24) is 10.2 Å². The van der Waals surface area contributed by atoms with Crippen molar-refractivity contribution in [1.29, 1.82) is 0 Å². The summed E-state index contributed by atoms with van der Waals surface area (Å²) in [6, 6.07) is 8.41. The van der Waals surface area contributed by atoms with Gasteiger partial charge in [-0.3, -0.25) is 0 Å². The predicted octanol–water partition coefficient (Wildman–Crippen LogP) is 1.72. The molecule has 0 saturated carbocycles. The summed E-state index contributed by atoms with van der Waals surface area (Å²) in [6.45, 7) is 2.13. The minimum Gasteiger partial charge on any atom is -0.353 e. The molecule has 1 unspecified atom stereocenters. The van der Waals surface area contributed by atoms with E-state index in [1.165, 1.54) is 11.3 Å². The highest BCUT2D eigenvalue weighted by Gasteiger charge is 2.20. The molecule has 1 N–H and O–H groups in total. The number of nitrogens with zero attached hydrogens (tertiary/aromatic N) is 2. The average Bonchev–Trinajstić information content (AvgIpc) is 2.64. The molecular formula is C12H17N3. The van der Waals surface area contributed by atoms with Crippen LogP contribution in [0, 0.1) is 6.92 Å². The van der Waals surface area contributed by atoms with Crippen LogP contribution in [-0.2, 0) is 0 Å². The van der Waals surface area contributed by atoms with Gasteiger partial charge in [-0.15, -0.1) is 0 Å². The van der Waals surface area contributed by atoms with E-state index in [0.29, 0.717) is 0 Å². The van der Waals surface area contributed by atoms with E-state index in [1.54, 1.807) is 0 Å². The molecule has 0 aliphatic carbocycles. The second kappa shape index (κ2) is 3.85. The Balaban J connectivity index is 2.21. The average molecular weight is 203 g/mol. The first kappa shape index (κ1) is 9.90. The van der Waals surface area contributed by atoms with Crippen molar-refractivity contribution in [2.75, 3.05) is 19.0 Å². The van der Waals surface area contributed by atoms with Gasteiger partial charge in [0.05, 0.1) is 0 Å². The van der Waals surface area contributed by atoms with Crippen molar-refractivity contribution >= 4 is 5.69 Å². The van der Waals surface area contributed by atoms with Crippen LogP contribution in [0.25, 0.3) is 0 Å². The molecule has 0 bridgehead atoms. The van der Waals surface area contributed by atoms with Gasteiger partial charge in [-0.05, 0) is 18.6 Å². The molecule has 0 aromatic heterocycles. The molecule has 0 fully saturated rings. The Morgan fingerprint density at radius 3 is 2.67 bits per heavy atom. The molecule has 1 aromatic carbocycles. The Bertz CT molecular complexity index is 373. The molecule has 1 atom stereocenters. The Kier molecular flexibility index (Phi) is 2.54. The summed E-state index contributed by atoms with van der Waals surface area (Å²) in [6.07, 6.45) is 4.23. The van der Waals surface area contributed by atoms with Crippen LogP contribution in [-0.4, -0.2) is 25.3 Å². The first-order valence-corrected chi connectivity index (χ1v) is 5.13. The minimum absolute atomic E-state index is 0.214. The number of hydrogen-bond donors (Lipinski definition) is 1. The molecule has 80 valence electrons. The molecular weight excluding hydrogens is 186 g/mol. The van der Waals surface area contributed by atoms with Crippen LogP contribution in [0.5, 0.6) is 0 Å². The Hall–Kier alpha value is -1.64. The fraction of sp³-hybridized carbons (Fsp3) is 0.333. The van der Waals surface area contributed by atoms with Crippen molar-refractivity contribution in [3.05, 3.63) is 42.2 Å². The summed E-state index contributed by atoms with van der Waals surface area (Å²) < 4.78 is 0. The van der Waals surface area contributed by atoms with Crippen molar-refractivity contribution in [3.63, 3.8) is 0 Å². The summed E-state index contributed by atoms with van der Waals surface area (Å²) in [4.78, 5) is 4.38. The van der Waals surface area contributed by atoms with E-state index in [0.717, 1.165) is 0 Å². The first-order chi connectivity index (χ1) is 7.20. The third-order valence-corrected chi connectivity index (χ3v) is 2.80. The number of aryl methyl sites for hydroxylation is 1. The Morgan fingerprint density at radius 1 is 1.33 bits per heavy atom. The van der Waals surface area contributed by atoms with Crippen LogP contribution in [0.2, 0.25) is 0 Å². The van der Waals surface area contributed by atoms with Crippen molar-refractivity contribution in [3.8, 4) is 0 Å². The summed E-state index contributed by atoms with van der Waals surface area (Å²) in [5.41, 5.74) is 2.55. The fourth-order valence-corrected chi connectivity index (χ4v) is 1.92. The van der Waals surface area contributed by atoms with Crippen LogP contribution in [0.1, 0.15) is 5.56 Å². The number of hydrogen-bond acceptors (Lipinski definition) is 3. The standard InChI is InChI=1S/C12H17N3/c1-10-6-4-5-7-11(10)15(3)12-13-8-9-14(12)2/h4-9,12-13H,1-3H3. The van der Waals surface area contributed by atoms with E-state index in [4.69, 9.17) is 0 Å². The SMILES string of the molecule is Cc1ccccc1N(C)C1NC=CN1C. The molecule has 2 rings (SSSR count). The molecule has 0 saturated heterocycles. The van der Waals surface area contributed by atoms with Crippen LogP contribution in [0.3, 0.4) is 0 Å². The quantitative estimate of drug-likeness (QED) is 0.789. The van der Waals surface area contributed by atoms with E-state index in [2.05, 4.69) is 60.4 Å². The highest BCUT2D eigenvalue weighted by atomic mass is 15.5. The van der Waals surface area contributed by atoms with Gasteiger partial charge in [0.25, 0.3) is 0 Å². The summed E-state index contributed by atoms with van der Waals surface area (Å²) in [7, 11) is 4.17. The Labute approximate surface area is 91.0 Å². The predicted molar refractivity (Wildman–Crippen MR) is 63.4 cm³/mol. The lowest BCUT2D eigenvalue weighted by atomic mass is 10.2. The summed E-state index contributed by atoms with van der Waals surface area (Å²) in [5.74, 6) is 0. The minimum atomic E-state index is 0.214. The van der Waals surface area contributed by atoms with Crippen LogP contribution >= 0.6 is 0 Å². The zero-order valence-corrected chi connectivity index (χ0v) is 9.44. The van der Waals surface area contributed by atoms with Crippen molar-refractivity contribution in [2.45, 2.75) is 13.2 Å². The first-order valence-electron chi connectivity index (χ1n) is 5.13. The molecule has 1 aliphatic heterocycles. The fourth-order valence-electron chi connectivity index (χ4n) is 1.92. The number of para-hydroxylation sites is 1. The lowest BCUT2D eigenvalue weighted by molar-refractivity contribution is 0.327. The van der Waals surface area contributed by atoms with E-state index >= 15 is 0 Å². The Morgan fingerprint density at radius 2 is 2.07 bits per heavy atom. The topological polar surface area (TPSA) is 18.5 Å². The van der Waals surface area contributed by atoms with Crippen LogP contribution in [0.4, 0.5) is 5.69 Å². The molecule has 0 spiro atoms. The zero-order chi connectivity index (χ0) is 10.8. The maximum atomic E-state index is 3.30. The molecule has 3 nitrogen and oxygen atoms in total. The van der Waals surface area contributed by atoms with Gasteiger partial charge in [-0.1, -0.05) is 18.2 Å². The van der Waals surface area contributed by atoms with Gasteiger partial charge < -0.3 is 15.1 Å². The summed E-state index contributed by atoms with van der Waals surface area (Å²) in [5, 5.41) is 3.30. The molecule has 0 amide bonds. The summed E-state index contributed by atoms with van der Waals surface area (Å²) >= 11 is 0. The molecule has 0 radical (unpaired) electrons. The van der Waals surface area contributed by atoms with E-state index < -0.39 is 0 Å². The largest absolute Gasteiger partial charge is 0.353 e. The second-order valence-electron chi connectivity index (χ2n) is 3.92. The number of rotatable bonds is 2. The number of benzene rings is 1. The third-order valence-electron chi connectivity index (χ3n) is 2.80. The number of nitrogens with one attached hydrogen (secondary N) is 1. The van der Waals surface area contributed by atoms with E-state index in [-0.39, 0.29) is 6.29 Å². The monoisotopic (exact) mass is 203 g/mol. The van der Waals surface area contributed by atoms with Gasteiger partial charge in [-0.2, -0.15) is 0 Å². The molecule has 1 heterocycles. The number of anilines is 1. The van der Waals surface area contributed by atoms with Gasteiger partial charge in [0.2, 0.25) is 0 Å². The van der Waals surface area contributed by atoms with E-state index in [9.17, 15) is 0 Å². The highest BCUT2D eigenvalue weighted by Crippen LogP contribution is 2.21. The van der Waals surface area contributed by atoms with Crippen LogP contribution < -0.4 is 10.2 Å². The lowest BCUT2D eigenvalue weighted by Crippen LogP contribution is -2.47. The van der Waals surface area contributed by atoms with Gasteiger partial charge >= 0.3 is 0 Å². The van der Waals surface area contributed by atoms with Crippen LogP contribution in [0.15, 0.2) is 36.7 Å². The smallest absolute Gasteiger partial charge is 0.177 e. The molecule has 1 aromatic rings. The van der Waals surface area contributed by atoms with Gasteiger partial charge in [0.1, 0.15) is 0 Å². The molecule has 3 heteroatoms. The zero-order valence-electron chi connectivity index (χ0n) is 9.44. The highest BCUT2D eigenvalue weighted by molar-refractivity contribution is 5.53. The second-order valence-corrected chi connectivity index (χ2v) is 3.92. The maximum absolute atomic E-state index is 3.30. The van der Waals surface area contributed by atoms with Gasteiger partial charge in [-0.25, -0.2) is 0 Å². The third kappa shape index (κ3) is 1.77. The van der Waals surface area contributed by atoms with Crippen molar-refractivity contribution < 1.29 is 0 Å². The molecule has 15 heavy (non-hydrogen) atoms.